The number of benzene rings is 1. The Hall–Kier alpha value is -2.22. The minimum atomic E-state index is -0.400. The van der Waals surface area contributed by atoms with Gasteiger partial charge in [0.15, 0.2) is 5.16 Å². The van der Waals surface area contributed by atoms with E-state index in [1.165, 1.54) is 11.8 Å². The molecule has 2 N–H and O–H groups in total. The maximum absolute atomic E-state index is 12.5. The van der Waals surface area contributed by atoms with E-state index in [4.69, 9.17) is 4.74 Å². The Morgan fingerprint density at radius 1 is 1.50 bits per heavy atom. The number of aromatic amines is 1. The van der Waals surface area contributed by atoms with Crippen LogP contribution in [-0.2, 0) is 4.79 Å². The van der Waals surface area contributed by atoms with Gasteiger partial charge in [-0.25, -0.2) is 9.89 Å². The molecule has 2 aromatic rings. The number of nitrogens with one attached hydrogen (secondary N) is 2. The lowest BCUT2D eigenvalue weighted by Gasteiger charge is -2.14. The third-order valence-corrected chi connectivity index (χ3v) is 4.91. The highest BCUT2D eigenvalue weighted by Gasteiger charge is 2.30. The SMILES string of the molecule is COc1ccc(C)cc1NC(=O)[C@@H](C)Sc1n[nH]c(=O)n1C1CC1. The Kier molecular flexibility index (Phi) is 4.66. The van der Waals surface area contributed by atoms with Gasteiger partial charge in [0.25, 0.3) is 0 Å². The molecule has 1 aromatic heterocycles. The summed E-state index contributed by atoms with van der Waals surface area (Å²) in [4.78, 5) is 24.3. The highest BCUT2D eigenvalue weighted by molar-refractivity contribution is 8.00. The molecule has 1 aliphatic carbocycles. The number of hydrogen-bond donors (Lipinski definition) is 2. The summed E-state index contributed by atoms with van der Waals surface area (Å²) in [7, 11) is 1.57. The van der Waals surface area contributed by atoms with Gasteiger partial charge in [-0.2, -0.15) is 0 Å². The molecule has 8 heteroatoms. The Balaban J connectivity index is 1.72. The fourth-order valence-electron chi connectivity index (χ4n) is 2.39. The zero-order valence-electron chi connectivity index (χ0n) is 13.8. The largest absolute Gasteiger partial charge is 0.495 e. The van der Waals surface area contributed by atoms with Gasteiger partial charge in [0, 0.05) is 6.04 Å². The van der Waals surface area contributed by atoms with Crippen LogP contribution in [0.1, 0.15) is 31.4 Å². The first-order valence-corrected chi connectivity index (χ1v) is 8.66. The lowest BCUT2D eigenvalue weighted by atomic mass is 10.2. The van der Waals surface area contributed by atoms with Crippen molar-refractivity contribution in [2.75, 3.05) is 12.4 Å². The van der Waals surface area contributed by atoms with Gasteiger partial charge in [-0.15, -0.1) is 5.10 Å². The lowest BCUT2D eigenvalue weighted by molar-refractivity contribution is -0.115. The molecule has 1 saturated carbocycles. The number of methoxy groups -OCH3 is 1. The number of aromatic nitrogens is 3. The summed E-state index contributed by atoms with van der Waals surface area (Å²) in [6, 6.07) is 5.82. The van der Waals surface area contributed by atoms with Crippen molar-refractivity contribution >= 4 is 23.4 Å². The van der Waals surface area contributed by atoms with Crippen LogP contribution in [0.25, 0.3) is 0 Å². The molecule has 0 unspecified atom stereocenters. The first-order chi connectivity index (χ1) is 11.5. The topological polar surface area (TPSA) is 89.0 Å². The van der Waals surface area contributed by atoms with Crippen molar-refractivity contribution in [1.29, 1.82) is 0 Å². The molecule has 0 radical (unpaired) electrons. The van der Waals surface area contributed by atoms with Crippen LogP contribution in [-0.4, -0.2) is 33.0 Å². The summed E-state index contributed by atoms with van der Waals surface area (Å²) in [6.45, 7) is 3.74. The molecule has 1 fully saturated rings. The molecule has 7 nitrogen and oxygen atoms in total. The summed E-state index contributed by atoms with van der Waals surface area (Å²) >= 11 is 1.27. The van der Waals surface area contributed by atoms with Gasteiger partial charge in [-0.3, -0.25) is 9.36 Å². The van der Waals surface area contributed by atoms with E-state index in [0.717, 1.165) is 18.4 Å². The molecule has 0 aliphatic heterocycles. The molecule has 1 amide bonds. The van der Waals surface area contributed by atoms with Gasteiger partial charge in [0.2, 0.25) is 5.91 Å². The van der Waals surface area contributed by atoms with E-state index in [0.29, 0.717) is 16.6 Å². The highest BCUT2D eigenvalue weighted by atomic mass is 32.2. The average molecular weight is 348 g/mol. The van der Waals surface area contributed by atoms with Crippen molar-refractivity contribution < 1.29 is 9.53 Å². The van der Waals surface area contributed by atoms with E-state index < -0.39 is 5.25 Å². The van der Waals surface area contributed by atoms with Crippen LogP contribution in [0, 0.1) is 6.92 Å². The molecule has 0 bridgehead atoms. The fraction of sp³-hybridized carbons (Fsp3) is 0.438. The van der Waals surface area contributed by atoms with E-state index in [2.05, 4.69) is 15.5 Å². The number of carbonyl (C=O) groups excluding carboxylic acids is 1. The smallest absolute Gasteiger partial charge is 0.344 e. The maximum Gasteiger partial charge on any atom is 0.344 e. The van der Waals surface area contributed by atoms with E-state index >= 15 is 0 Å². The molecule has 3 rings (SSSR count). The Bertz CT molecular complexity index is 810. The fourth-order valence-corrected chi connectivity index (χ4v) is 3.32. The Labute approximate surface area is 143 Å². The summed E-state index contributed by atoms with van der Waals surface area (Å²) in [6.07, 6.45) is 1.96. The number of amides is 1. The molecule has 1 aliphatic rings. The average Bonchev–Trinajstić information content (AvgIpc) is 3.32. The molecule has 1 heterocycles. The van der Waals surface area contributed by atoms with E-state index in [9.17, 15) is 9.59 Å². The first-order valence-electron chi connectivity index (χ1n) is 7.78. The molecule has 1 aromatic carbocycles. The van der Waals surface area contributed by atoms with Crippen molar-refractivity contribution in [2.24, 2.45) is 0 Å². The zero-order valence-corrected chi connectivity index (χ0v) is 14.6. The maximum atomic E-state index is 12.5. The number of nitrogens with zero attached hydrogens (tertiary/aromatic N) is 2. The van der Waals surface area contributed by atoms with Gasteiger partial charge in [-0.1, -0.05) is 17.8 Å². The van der Waals surface area contributed by atoms with Crippen LogP contribution in [0.3, 0.4) is 0 Å². The minimum Gasteiger partial charge on any atom is -0.495 e. The zero-order chi connectivity index (χ0) is 17.3. The number of hydrogen-bond acceptors (Lipinski definition) is 5. The highest BCUT2D eigenvalue weighted by Crippen LogP contribution is 2.37. The summed E-state index contributed by atoms with van der Waals surface area (Å²) in [5.74, 6) is 0.447. The number of rotatable bonds is 6. The van der Waals surface area contributed by atoms with E-state index in [-0.39, 0.29) is 17.6 Å². The standard InChI is InChI=1S/C16H20N4O3S/c1-9-4-7-13(23-3)12(8-9)17-14(21)10(2)24-16-19-18-15(22)20(16)11-5-6-11/h4,7-8,10-11H,5-6H2,1-3H3,(H,17,21)(H,18,22)/t10-/m1/s1. The van der Waals surface area contributed by atoms with Crippen LogP contribution in [0.2, 0.25) is 0 Å². The second-order valence-electron chi connectivity index (χ2n) is 5.87. The van der Waals surface area contributed by atoms with Crippen LogP contribution in [0.5, 0.6) is 5.75 Å². The van der Waals surface area contributed by atoms with Crippen LogP contribution >= 0.6 is 11.8 Å². The van der Waals surface area contributed by atoms with Gasteiger partial charge in [-0.05, 0) is 44.4 Å². The Morgan fingerprint density at radius 3 is 2.92 bits per heavy atom. The van der Waals surface area contributed by atoms with Crippen molar-refractivity contribution in [3.8, 4) is 5.75 Å². The molecule has 0 saturated heterocycles. The van der Waals surface area contributed by atoms with Crippen molar-refractivity contribution in [2.45, 2.75) is 43.1 Å². The van der Waals surface area contributed by atoms with Gasteiger partial charge >= 0.3 is 5.69 Å². The molecule has 128 valence electrons. The second kappa shape index (κ2) is 6.72. The quantitative estimate of drug-likeness (QED) is 0.782. The molecular formula is C16H20N4O3S. The number of anilines is 1. The molecule has 24 heavy (non-hydrogen) atoms. The van der Waals surface area contributed by atoms with Crippen molar-refractivity contribution in [3.63, 3.8) is 0 Å². The van der Waals surface area contributed by atoms with E-state index in [1.54, 1.807) is 18.6 Å². The number of aryl methyl sites for hydroxylation is 1. The number of ether oxygens (including phenoxy) is 1. The Morgan fingerprint density at radius 2 is 2.25 bits per heavy atom. The third kappa shape index (κ3) is 3.48. The molecule has 1 atom stereocenters. The first kappa shape index (κ1) is 16.6. The predicted octanol–water partition coefficient (Wildman–Crippen LogP) is 2.34. The van der Waals surface area contributed by atoms with Gasteiger partial charge < -0.3 is 10.1 Å². The van der Waals surface area contributed by atoms with Crippen molar-refractivity contribution in [3.05, 3.63) is 34.2 Å². The van der Waals surface area contributed by atoms with Gasteiger partial charge in [0.1, 0.15) is 5.75 Å². The normalized spacial score (nSPS) is 15.1. The van der Waals surface area contributed by atoms with Crippen molar-refractivity contribution in [1.82, 2.24) is 14.8 Å². The monoisotopic (exact) mass is 348 g/mol. The minimum absolute atomic E-state index is 0.165. The summed E-state index contributed by atoms with van der Waals surface area (Å²) < 4.78 is 6.92. The van der Waals surface area contributed by atoms with Crippen LogP contribution in [0.4, 0.5) is 5.69 Å². The lowest BCUT2D eigenvalue weighted by Crippen LogP contribution is -2.24. The number of carbonyl (C=O) groups is 1. The number of H-pyrrole nitrogens is 1. The predicted molar refractivity (Wildman–Crippen MR) is 92.8 cm³/mol. The van der Waals surface area contributed by atoms with Crippen LogP contribution in [0.15, 0.2) is 28.2 Å². The molecular weight excluding hydrogens is 328 g/mol. The van der Waals surface area contributed by atoms with Crippen LogP contribution < -0.4 is 15.7 Å². The van der Waals surface area contributed by atoms with E-state index in [1.807, 2.05) is 25.1 Å². The second-order valence-corrected chi connectivity index (χ2v) is 7.17. The summed E-state index contributed by atoms with van der Waals surface area (Å²) in [5.41, 5.74) is 1.45. The summed E-state index contributed by atoms with van der Waals surface area (Å²) in [5, 5.41) is 9.54. The number of thioether (sulfide) groups is 1. The molecule has 0 spiro atoms. The third-order valence-electron chi connectivity index (χ3n) is 3.85. The van der Waals surface area contributed by atoms with Gasteiger partial charge in [0.05, 0.1) is 18.0 Å².